The summed E-state index contributed by atoms with van der Waals surface area (Å²) in [5.74, 6) is -0.401. The van der Waals surface area contributed by atoms with Crippen LogP contribution in [0.15, 0.2) is 6.33 Å². The molecule has 0 radical (unpaired) electrons. The van der Waals surface area contributed by atoms with E-state index in [1.54, 1.807) is 6.07 Å². The second kappa shape index (κ2) is 4.31. The van der Waals surface area contributed by atoms with Gasteiger partial charge in [-0.25, -0.2) is 4.98 Å². The highest BCUT2D eigenvalue weighted by molar-refractivity contribution is 5.25. The first-order valence-electron chi connectivity index (χ1n) is 4.94. The second-order valence-corrected chi connectivity index (χ2v) is 3.72. The summed E-state index contributed by atoms with van der Waals surface area (Å²) in [5, 5.41) is 46.4. The lowest BCUT2D eigenvalue weighted by Gasteiger charge is -2.10. The summed E-state index contributed by atoms with van der Waals surface area (Å²) in [6.07, 6.45) is -3.29. The standard InChI is InChI=1S/C9H11N3O5/c10-1-4-8(16)12(3-11-4)9-7(15)6(14)5(2-13)17-9/h3,5-7,9,13-16H,2H2/p+1/t5-,6-,7-,9-/m1/s1. The molecule has 0 saturated carbocycles. The predicted octanol–water partition coefficient (Wildman–Crippen LogP) is -2.51. The van der Waals surface area contributed by atoms with Crippen molar-refractivity contribution >= 4 is 0 Å². The van der Waals surface area contributed by atoms with E-state index >= 15 is 0 Å². The SMILES string of the molecule is N#Cc1[nH]c[n+]([C@@H]2O[C@H](CO)[C@@H](O)[C@H]2O)c1O. The average molecular weight is 242 g/mol. The first-order chi connectivity index (χ1) is 8.10. The number of nitriles is 1. The van der Waals surface area contributed by atoms with Gasteiger partial charge in [0.05, 0.1) is 6.61 Å². The lowest BCUT2D eigenvalue weighted by atomic mass is 10.1. The molecule has 0 unspecified atom stereocenters. The van der Waals surface area contributed by atoms with E-state index in [-0.39, 0.29) is 5.69 Å². The van der Waals surface area contributed by atoms with E-state index in [0.29, 0.717) is 0 Å². The van der Waals surface area contributed by atoms with Gasteiger partial charge in [0.15, 0.2) is 6.07 Å². The molecule has 17 heavy (non-hydrogen) atoms. The Balaban J connectivity index is 2.29. The van der Waals surface area contributed by atoms with Gasteiger partial charge >= 0.3 is 5.88 Å². The van der Waals surface area contributed by atoms with E-state index < -0.39 is 37.0 Å². The monoisotopic (exact) mass is 242 g/mol. The van der Waals surface area contributed by atoms with Gasteiger partial charge in [0.1, 0.15) is 18.3 Å². The number of aliphatic hydroxyl groups excluding tert-OH is 3. The number of rotatable bonds is 2. The molecule has 1 aliphatic rings. The van der Waals surface area contributed by atoms with Crippen molar-refractivity contribution in [2.24, 2.45) is 0 Å². The Kier molecular flexibility index (Phi) is 2.99. The number of aliphatic hydroxyl groups is 3. The number of hydrogen-bond donors (Lipinski definition) is 5. The predicted molar refractivity (Wildman–Crippen MR) is 50.4 cm³/mol. The van der Waals surface area contributed by atoms with Crippen molar-refractivity contribution in [3.8, 4) is 11.9 Å². The maximum absolute atomic E-state index is 9.70. The lowest BCUT2D eigenvalue weighted by Crippen LogP contribution is -2.45. The molecule has 0 spiro atoms. The van der Waals surface area contributed by atoms with Gasteiger partial charge in [-0.2, -0.15) is 9.83 Å². The molecule has 5 N–H and O–H groups in total. The second-order valence-electron chi connectivity index (χ2n) is 3.72. The molecule has 1 aromatic rings. The van der Waals surface area contributed by atoms with Crippen LogP contribution in [0.5, 0.6) is 5.88 Å². The van der Waals surface area contributed by atoms with Crippen LogP contribution in [-0.4, -0.2) is 50.3 Å². The van der Waals surface area contributed by atoms with Gasteiger partial charge in [-0.15, -0.1) is 0 Å². The smallest absolute Gasteiger partial charge is 0.343 e. The van der Waals surface area contributed by atoms with Crippen molar-refractivity contribution in [1.29, 1.82) is 5.26 Å². The van der Waals surface area contributed by atoms with Gasteiger partial charge in [0, 0.05) is 0 Å². The van der Waals surface area contributed by atoms with Gasteiger partial charge in [-0.3, -0.25) is 0 Å². The molecule has 1 aromatic heterocycles. The molecule has 8 nitrogen and oxygen atoms in total. The number of imidazole rings is 1. The van der Waals surface area contributed by atoms with Crippen LogP contribution >= 0.6 is 0 Å². The fourth-order valence-corrected chi connectivity index (χ4v) is 1.77. The van der Waals surface area contributed by atoms with Crippen molar-refractivity contribution in [2.75, 3.05) is 6.61 Å². The number of ether oxygens (including phenoxy) is 1. The lowest BCUT2D eigenvalue weighted by molar-refractivity contribution is -0.768. The summed E-state index contributed by atoms with van der Waals surface area (Å²) in [4.78, 5) is 2.49. The van der Waals surface area contributed by atoms with Crippen LogP contribution in [0.3, 0.4) is 0 Å². The minimum atomic E-state index is -1.30. The van der Waals surface area contributed by atoms with Gasteiger partial charge in [-0.1, -0.05) is 0 Å². The van der Waals surface area contributed by atoms with Crippen molar-refractivity contribution in [2.45, 2.75) is 24.5 Å². The summed E-state index contributed by atoms with van der Waals surface area (Å²) in [7, 11) is 0. The molecule has 1 aliphatic heterocycles. The number of nitrogens with one attached hydrogen (secondary N) is 1. The van der Waals surface area contributed by atoms with Gasteiger partial charge in [0.25, 0.3) is 5.69 Å². The summed E-state index contributed by atoms with van der Waals surface area (Å²) in [5.41, 5.74) is -0.0808. The number of aromatic nitrogens is 2. The van der Waals surface area contributed by atoms with Crippen molar-refractivity contribution in [3.63, 3.8) is 0 Å². The van der Waals surface area contributed by atoms with E-state index in [0.717, 1.165) is 4.57 Å². The Morgan fingerprint density at radius 2 is 2.18 bits per heavy atom. The topological polar surface area (TPSA) is 134 Å². The quantitative estimate of drug-likeness (QED) is 0.364. The molecule has 2 heterocycles. The van der Waals surface area contributed by atoms with E-state index in [2.05, 4.69) is 4.98 Å². The molecule has 1 fully saturated rings. The molecular formula is C9H12N3O5+. The van der Waals surface area contributed by atoms with Crippen LogP contribution in [0.4, 0.5) is 0 Å². The summed E-state index contributed by atoms with van der Waals surface area (Å²) < 4.78 is 6.27. The number of aromatic amines is 1. The highest BCUT2D eigenvalue weighted by Crippen LogP contribution is 2.27. The number of aromatic hydroxyl groups is 1. The van der Waals surface area contributed by atoms with Crippen LogP contribution in [0, 0.1) is 11.3 Å². The Morgan fingerprint density at radius 3 is 2.65 bits per heavy atom. The Labute approximate surface area is 95.9 Å². The molecule has 0 amide bonds. The molecule has 0 bridgehead atoms. The van der Waals surface area contributed by atoms with Gasteiger partial charge in [0.2, 0.25) is 12.6 Å². The maximum Gasteiger partial charge on any atom is 0.343 e. The Bertz CT molecular complexity index is 454. The fourth-order valence-electron chi connectivity index (χ4n) is 1.77. The molecule has 0 aliphatic carbocycles. The molecule has 2 rings (SSSR count). The molecule has 8 heteroatoms. The third-order valence-electron chi connectivity index (χ3n) is 2.72. The Morgan fingerprint density at radius 1 is 1.47 bits per heavy atom. The minimum Gasteiger partial charge on any atom is -0.474 e. The number of hydrogen-bond acceptors (Lipinski definition) is 6. The molecule has 0 aromatic carbocycles. The van der Waals surface area contributed by atoms with Crippen LogP contribution < -0.4 is 4.57 Å². The highest BCUT2D eigenvalue weighted by atomic mass is 16.6. The van der Waals surface area contributed by atoms with Crippen LogP contribution in [-0.2, 0) is 4.74 Å². The Hall–Kier alpha value is -1.66. The van der Waals surface area contributed by atoms with E-state index in [1.165, 1.54) is 6.33 Å². The molecule has 92 valence electrons. The summed E-state index contributed by atoms with van der Waals surface area (Å²) in [6, 6.07) is 1.71. The highest BCUT2D eigenvalue weighted by Gasteiger charge is 2.47. The molecular weight excluding hydrogens is 230 g/mol. The first kappa shape index (κ1) is 11.8. The van der Waals surface area contributed by atoms with Gasteiger partial charge < -0.3 is 25.2 Å². The first-order valence-corrected chi connectivity index (χ1v) is 4.94. The van der Waals surface area contributed by atoms with Crippen LogP contribution in [0.25, 0.3) is 0 Å². The van der Waals surface area contributed by atoms with E-state index in [1.807, 2.05) is 0 Å². The normalized spacial score (nSPS) is 32.6. The zero-order chi connectivity index (χ0) is 12.6. The van der Waals surface area contributed by atoms with Crippen molar-refractivity contribution < 1.29 is 29.7 Å². The summed E-state index contributed by atoms with van der Waals surface area (Å²) >= 11 is 0. The number of H-pyrrole nitrogens is 1. The fraction of sp³-hybridized carbons (Fsp3) is 0.556. The zero-order valence-electron chi connectivity index (χ0n) is 8.69. The van der Waals surface area contributed by atoms with Crippen LogP contribution in [0.2, 0.25) is 0 Å². The third kappa shape index (κ3) is 1.75. The largest absolute Gasteiger partial charge is 0.474 e. The van der Waals surface area contributed by atoms with Crippen LogP contribution in [0.1, 0.15) is 11.9 Å². The van der Waals surface area contributed by atoms with E-state index in [4.69, 9.17) is 15.1 Å². The zero-order valence-corrected chi connectivity index (χ0v) is 8.69. The average Bonchev–Trinajstić information content (AvgIpc) is 2.82. The maximum atomic E-state index is 9.70. The van der Waals surface area contributed by atoms with Gasteiger partial charge in [-0.05, 0) is 0 Å². The summed E-state index contributed by atoms with van der Waals surface area (Å²) in [6.45, 7) is -0.453. The van der Waals surface area contributed by atoms with E-state index in [9.17, 15) is 15.3 Å². The molecule has 4 atom stereocenters. The third-order valence-corrected chi connectivity index (χ3v) is 2.72. The molecule has 1 saturated heterocycles. The van der Waals surface area contributed by atoms with Crippen molar-refractivity contribution in [3.05, 3.63) is 12.0 Å². The number of nitrogens with zero attached hydrogens (tertiary/aromatic N) is 2. The minimum absolute atomic E-state index is 0.0808. The van der Waals surface area contributed by atoms with Crippen molar-refractivity contribution in [1.82, 2.24) is 4.98 Å².